The molecule has 0 aromatic carbocycles. The van der Waals surface area contributed by atoms with E-state index >= 15 is 0 Å². The number of nitrogens with zero attached hydrogens (tertiary/aromatic N) is 3. The first-order valence-electron chi connectivity index (χ1n) is 6.72. The Labute approximate surface area is 108 Å². The molecule has 1 aromatic rings. The minimum atomic E-state index is -0.0137. The van der Waals surface area contributed by atoms with Gasteiger partial charge in [0.05, 0.1) is 18.4 Å². The lowest BCUT2D eigenvalue weighted by atomic mass is 10.1. The fourth-order valence-corrected chi connectivity index (χ4v) is 2.24. The van der Waals surface area contributed by atoms with Gasteiger partial charge in [-0.05, 0) is 26.3 Å². The van der Waals surface area contributed by atoms with Gasteiger partial charge in [-0.25, -0.2) is 4.68 Å². The third-order valence-electron chi connectivity index (χ3n) is 3.58. The third kappa shape index (κ3) is 3.10. The number of nitrogens with one attached hydrogen (secondary N) is 1. The smallest absolute Gasteiger partial charge is 0.268 e. The average molecular weight is 250 g/mol. The van der Waals surface area contributed by atoms with Crippen LogP contribution in [0.2, 0.25) is 0 Å². The minimum absolute atomic E-state index is 0.0137. The Morgan fingerprint density at radius 1 is 1.56 bits per heavy atom. The van der Waals surface area contributed by atoms with Crippen molar-refractivity contribution in [3.8, 4) is 0 Å². The van der Waals surface area contributed by atoms with Crippen molar-refractivity contribution in [3.05, 3.63) is 22.6 Å². The van der Waals surface area contributed by atoms with Gasteiger partial charge < -0.3 is 10.2 Å². The lowest BCUT2D eigenvalue weighted by molar-refractivity contribution is 0.345. The fourth-order valence-electron chi connectivity index (χ4n) is 2.24. The summed E-state index contributed by atoms with van der Waals surface area (Å²) in [6.45, 7) is 4.65. The Bertz CT molecular complexity index is 437. The molecule has 2 heterocycles. The van der Waals surface area contributed by atoms with E-state index in [2.05, 4.69) is 17.3 Å². The standard InChI is InChI=1S/C13H22N4O/c1-3-16(2)12-8-13(18)17(15-9-12)10-11-6-4-5-7-14-11/h8-9,11,14H,3-7,10H2,1-2H3. The Hall–Kier alpha value is -1.36. The normalized spacial score (nSPS) is 19.8. The summed E-state index contributed by atoms with van der Waals surface area (Å²) in [7, 11) is 1.96. The molecule has 0 radical (unpaired) electrons. The lowest BCUT2D eigenvalue weighted by Gasteiger charge is -2.23. The molecule has 1 N–H and O–H groups in total. The van der Waals surface area contributed by atoms with E-state index in [9.17, 15) is 4.79 Å². The summed E-state index contributed by atoms with van der Waals surface area (Å²) in [5.41, 5.74) is 0.871. The van der Waals surface area contributed by atoms with E-state index in [1.165, 1.54) is 12.8 Å². The molecule has 100 valence electrons. The van der Waals surface area contributed by atoms with Gasteiger partial charge in [0.2, 0.25) is 0 Å². The van der Waals surface area contributed by atoms with Gasteiger partial charge in [-0.2, -0.15) is 5.10 Å². The fraction of sp³-hybridized carbons (Fsp3) is 0.692. The molecule has 0 spiro atoms. The molecule has 2 rings (SSSR count). The van der Waals surface area contributed by atoms with Crippen molar-refractivity contribution in [2.24, 2.45) is 0 Å². The van der Waals surface area contributed by atoms with Crippen LogP contribution in [-0.4, -0.2) is 36.0 Å². The summed E-state index contributed by atoms with van der Waals surface area (Å²) in [5, 5.41) is 7.70. The number of anilines is 1. The molecule has 1 aliphatic rings. The molecule has 0 saturated carbocycles. The van der Waals surface area contributed by atoms with Crippen molar-refractivity contribution in [2.45, 2.75) is 38.8 Å². The summed E-state index contributed by atoms with van der Waals surface area (Å²) in [6, 6.07) is 2.05. The molecule has 1 saturated heterocycles. The molecule has 1 aliphatic heterocycles. The molecule has 0 aliphatic carbocycles. The molecule has 0 bridgehead atoms. The molecule has 1 aromatic heterocycles. The first-order chi connectivity index (χ1) is 8.70. The van der Waals surface area contributed by atoms with Crippen molar-refractivity contribution >= 4 is 5.69 Å². The van der Waals surface area contributed by atoms with Crippen LogP contribution in [-0.2, 0) is 6.54 Å². The van der Waals surface area contributed by atoms with Gasteiger partial charge in [0.15, 0.2) is 0 Å². The maximum absolute atomic E-state index is 12.0. The van der Waals surface area contributed by atoms with Gasteiger partial charge in [0, 0.05) is 25.7 Å². The SMILES string of the molecule is CCN(C)c1cnn(CC2CCCCN2)c(=O)c1. The molecule has 5 nitrogen and oxygen atoms in total. The Morgan fingerprint density at radius 2 is 2.39 bits per heavy atom. The van der Waals surface area contributed by atoms with E-state index in [1.807, 2.05) is 11.9 Å². The molecule has 1 unspecified atom stereocenters. The van der Waals surface area contributed by atoms with Gasteiger partial charge >= 0.3 is 0 Å². The van der Waals surface area contributed by atoms with E-state index in [4.69, 9.17) is 0 Å². The molecule has 5 heteroatoms. The monoisotopic (exact) mass is 250 g/mol. The second kappa shape index (κ2) is 6.00. The van der Waals surface area contributed by atoms with Crippen molar-refractivity contribution in [1.29, 1.82) is 0 Å². The van der Waals surface area contributed by atoms with Gasteiger partial charge in [-0.15, -0.1) is 0 Å². The largest absolute Gasteiger partial charge is 0.373 e. The average Bonchev–Trinajstić information content (AvgIpc) is 2.41. The van der Waals surface area contributed by atoms with Crippen LogP contribution in [0.15, 0.2) is 17.1 Å². The van der Waals surface area contributed by atoms with Crippen LogP contribution in [0, 0.1) is 0 Å². The molecular weight excluding hydrogens is 228 g/mol. The predicted octanol–water partition coefficient (Wildman–Crippen LogP) is 0.841. The highest BCUT2D eigenvalue weighted by molar-refractivity contribution is 5.41. The van der Waals surface area contributed by atoms with E-state index in [-0.39, 0.29) is 5.56 Å². The Morgan fingerprint density at radius 3 is 3.00 bits per heavy atom. The second-order valence-electron chi connectivity index (χ2n) is 4.90. The number of hydrogen-bond donors (Lipinski definition) is 1. The minimum Gasteiger partial charge on any atom is -0.373 e. The maximum atomic E-state index is 12.0. The summed E-state index contributed by atoms with van der Waals surface area (Å²) in [4.78, 5) is 14.0. The number of aromatic nitrogens is 2. The molecule has 1 atom stereocenters. The van der Waals surface area contributed by atoms with E-state index in [0.29, 0.717) is 12.6 Å². The highest BCUT2D eigenvalue weighted by atomic mass is 16.1. The van der Waals surface area contributed by atoms with Crippen LogP contribution in [0.3, 0.4) is 0 Å². The van der Waals surface area contributed by atoms with E-state index in [0.717, 1.165) is 25.2 Å². The van der Waals surface area contributed by atoms with Crippen molar-refractivity contribution in [1.82, 2.24) is 15.1 Å². The third-order valence-corrected chi connectivity index (χ3v) is 3.58. The Balaban J connectivity index is 2.07. The zero-order valence-electron chi connectivity index (χ0n) is 11.2. The molecule has 18 heavy (non-hydrogen) atoms. The highest BCUT2D eigenvalue weighted by Gasteiger charge is 2.14. The number of rotatable bonds is 4. The summed E-state index contributed by atoms with van der Waals surface area (Å²) >= 11 is 0. The van der Waals surface area contributed by atoms with E-state index < -0.39 is 0 Å². The molecular formula is C13H22N4O. The van der Waals surface area contributed by atoms with Crippen LogP contribution in [0.5, 0.6) is 0 Å². The zero-order valence-corrected chi connectivity index (χ0v) is 11.2. The van der Waals surface area contributed by atoms with Crippen molar-refractivity contribution in [3.63, 3.8) is 0 Å². The summed E-state index contributed by atoms with van der Waals surface area (Å²) in [5.74, 6) is 0. The van der Waals surface area contributed by atoms with Gasteiger partial charge in [0.25, 0.3) is 5.56 Å². The number of piperidine rings is 1. The van der Waals surface area contributed by atoms with Gasteiger partial charge in [0.1, 0.15) is 0 Å². The van der Waals surface area contributed by atoms with Gasteiger partial charge in [-0.3, -0.25) is 4.79 Å². The lowest BCUT2D eigenvalue weighted by Crippen LogP contribution is -2.40. The van der Waals surface area contributed by atoms with Crippen LogP contribution in [0.1, 0.15) is 26.2 Å². The topological polar surface area (TPSA) is 50.2 Å². The van der Waals surface area contributed by atoms with Crippen molar-refractivity contribution in [2.75, 3.05) is 25.0 Å². The van der Waals surface area contributed by atoms with Crippen LogP contribution in [0.25, 0.3) is 0 Å². The maximum Gasteiger partial charge on any atom is 0.268 e. The van der Waals surface area contributed by atoms with E-state index in [1.54, 1.807) is 16.9 Å². The van der Waals surface area contributed by atoms with Crippen molar-refractivity contribution < 1.29 is 0 Å². The van der Waals surface area contributed by atoms with Gasteiger partial charge in [-0.1, -0.05) is 6.42 Å². The van der Waals surface area contributed by atoms with Crippen LogP contribution in [0.4, 0.5) is 5.69 Å². The second-order valence-corrected chi connectivity index (χ2v) is 4.90. The summed E-state index contributed by atoms with van der Waals surface area (Å²) in [6.07, 6.45) is 5.38. The quantitative estimate of drug-likeness (QED) is 0.860. The molecule has 1 fully saturated rings. The predicted molar refractivity (Wildman–Crippen MR) is 73.1 cm³/mol. The first-order valence-corrected chi connectivity index (χ1v) is 6.72. The summed E-state index contributed by atoms with van der Waals surface area (Å²) < 4.78 is 1.57. The molecule has 0 amide bonds. The first kappa shape index (κ1) is 13.1. The zero-order chi connectivity index (χ0) is 13.0. The van der Waals surface area contributed by atoms with Crippen LogP contribution < -0.4 is 15.8 Å². The Kier molecular flexibility index (Phi) is 4.36. The number of hydrogen-bond acceptors (Lipinski definition) is 4. The van der Waals surface area contributed by atoms with Crippen LogP contribution >= 0.6 is 0 Å². The highest BCUT2D eigenvalue weighted by Crippen LogP contribution is 2.09.